The number of rotatable bonds is 10. The van der Waals surface area contributed by atoms with Crippen molar-refractivity contribution in [1.29, 1.82) is 0 Å². The highest BCUT2D eigenvalue weighted by Crippen LogP contribution is 2.12. The molecule has 206 valence electrons. The van der Waals surface area contributed by atoms with E-state index in [0.717, 1.165) is 11.1 Å². The molecule has 38 heavy (non-hydrogen) atoms. The van der Waals surface area contributed by atoms with Crippen LogP contribution in [0.5, 0.6) is 0 Å². The summed E-state index contributed by atoms with van der Waals surface area (Å²) in [6, 6.07) is 14.4. The predicted octanol–water partition coefficient (Wildman–Crippen LogP) is 4.11. The maximum Gasteiger partial charge on any atom is 0.408 e. The van der Waals surface area contributed by atoms with Gasteiger partial charge in [0.15, 0.2) is 0 Å². The fraction of sp³-hybridized carbons (Fsp3) is 0.429. The number of hydrogen-bond donors (Lipinski definition) is 4. The highest BCUT2D eigenvalue weighted by Gasteiger charge is 2.27. The molecule has 2 aromatic rings. The minimum Gasteiger partial charge on any atom is -0.445 e. The van der Waals surface area contributed by atoms with Gasteiger partial charge in [0.05, 0.1) is 0 Å². The van der Waals surface area contributed by atoms with E-state index in [9.17, 15) is 19.2 Å². The topological polar surface area (TPSA) is 135 Å². The van der Waals surface area contributed by atoms with Gasteiger partial charge in [0.1, 0.15) is 24.3 Å². The monoisotopic (exact) mass is 526 g/mol. The summed E-state index contributed by atoms with van der Waals surface area (Å²) in [4.78, 5) is 49.5. The van der Waals surface area contributed by atoms with Crippen LogP contribution in [0.2, 0.25) is 0 Å². The van der Waals surface area contributed by atoms with E-state index in [4.69, 9.17) is 9.47 Å². The Morgan fingerprint density at radius 3 is 2.00 bits per heavy atom. The molecule has 2 atom stereocenters. The van der Waals surface area contributed by atoms with E-state index < -0.39 is 41.7 Å². The summed E-state index contributed by atoms with van der Waals surface area (Å²) in [6.45, 7) is 10.8. The molecule has 0 saturated carbocycles. The lowest BCUT2D eigenvalue weighted by molar-refractivity contribution is -0.128. The first-order chi connectivity index (χ1) is 17.8. The van der Waals surface area contributed by atoms with Gasteiger partial charge >= 0.3 is 12.2 Å². The number of alkyl carbamates (subject to hydrolysis) is 2. The van der Waals surface area contributed by atoms with Crippen molar-refractivity contribution in [3.05, 3.63) is 65.7 Å². The second kappa shape index (κ2) is 14.0. The Balaban J connectivity index is 1.83. The number of benzene rings is 2. The minimum absolute atomic E-state index is 0.0772. The van der Waals surface area contributed by atoms with Crippen LogP contribution in [0, 0.1) is 5.92 Å². The molecule has 0 fully saturated rings. The molecular formula is C28H38N4O6. The van der Waals surface area contributed by atoms with Gasteiger partial charge in [-0.15, -0.1) is 0 Å². The first kappa shape index (κ1) is 30.1. The van der Waals surface area contributed by atoms with Gasteiger partial charge in [-0.3, -0.25) is 9.59 Å². The maximum absolute atomic E-state index is 12.8. The Hall–Kier alpha value is -4.08. The van der Waals surface area contributed by atoms with Crippen molar-refractivity contribution in [3.8, 4) is 0 Å². The fourth-order valence-corrected chi connectivity index (χ4v) is 3.24. The number of anilines is 1. The minimum atomic E-state index is -0.884. The summed E-state index contributed by atoms with van der Waals surface area (Å²) < 4.78 is 10.4. The van der Waals surface area contributed by atoms with E-state index in [1.807, 2.05) is 30.3 Å². The lowest BCUT2D eigenvalue weighted by Crippen LogP contribution is -2.53. The molecule has 10 nitrogen and oxygen atoms in total. The third-order valence-electron chi connectivity index (χ3n) is 5.24. The molecule has 4 amide bonds. The van der Waals surface area contributed by atoms with Gasteiger partial charge in [-0.25, -0.2) is 9.59 Å². The molecule has 0 aromatic heterocycles. The SMILES string of the molecule is CC(C)[C@H](NC(=O)OCc1ccccc1)C(=O)N[C@@H](C)C(=O)Nc1ccc(CNC(=O)OC(C)(C)C)cc1. The lowest BCUT2D eigenvalue weighted by Gasteiger charge is -2.23. The summed E-state index contributed by atoms with van der Waals surface area (Å²) in [5.74, 6) is -1.16. The summed E-state index contributed by atoms with van der Waals surface area (Å²) in [6.07, 6.45) is -1.24. The van der Waals surface area contributed by atoms with Crippen LogP contribution in [-0.4, -0.2) is 41.7 Å². The third kappa shape index (κ3) is 10.9. The Kier molecular flexibility index (Phi) is 11.1. The Morgan fingerprint density at radius 1 is 0.789 bits per heavy atom. The number of amides is 4. The molecule has 10 heteroatoms. The molecular weight excluding hydrogens is 488 g/mol. The summed E-state index contributed by atoms with van der Waals surface area (Å²) in [7, 11) is 0. The molecule has 0 heterocycles. The second-order valence-corrected chi connectivity index (χ2v) is 10.2. The van der Waals surface area contributed by atoms with Crippen LogP contribution in [0.3, 0.4) is 0 Å². The Labute approximate surface area is 223 Å². The zero-order valence-electron chi connectivity index (χ0n) is 22.8. The second-order valence-electron chi connectivity index (χ2n) is 10.2. The van der Waals surface area contributed by atoms with Crippen molar-refractivity contribution in [2.45, 2.75) is 72.4 Å². The van der Waals surface area contributed by atoms with Crippen LogP contribution < -0.4 is 21.3 Å². The normalized spacial score (nSPS) is 12.6. The molecule has 4 N–H and O–H groups in total. The maximum atomic E-state index is 12.8. The van der Waals surface area contributed by atoms with Crippen molar-refractivity contribution in [1.82, 2.24) is 16.0 Å². The molecule has 0 bridgehead atoms. The molecule has 0 spiro atoms. The molecule has 0 aliphatic carbocycles. The molecule has 2 rings (SSSR count). The fourth-order valence-electron chi connectivity index (χ4n) is 3.24. The average molecular weight is 527 g/mol. The smallest absolute Gasteiger partial charge is 0.408 e. The van der Waals surface area contributed by atoms with Gasteiger partial charge in [-0.2, -0.15) is 0 Å². The zero-order chi connectivity index (χ0) is 28.3. The molecule has 0 unspecified atom stereocenters. The third-order valence-corrected chi connectivity index (χ3v) is 5.24. The van der Waals surface area contributed by atoms with Crippen LogP contribution in [0.15, 0.2) is 54.6 Å². The summed E-state index contributed by atoms with van der Waals surface area (Å²) in [5.41, 5.74) is 1.59. The predicted molar refractivity (Wildman–Crippen MR) is 144 cm³/mol. The van der Waals surface area contributed by atoms with Gasteiger partial charge in [0, 0.05) is 12.2 Å². The first-order valence-corrected chi connectivity index (χ1v) is 12.5. The number of carbonyl (C=O) groups is 4. The van der Waals surface area contributed by atoms with E-state index in [1.165, 1.54) is 0 Å². The van der Waals surface area contributed by atoms with Gasteiger partial charge in [-0.05, 0) is 56.9 Å². The average Bonchev–Trinajstić information content (AvgIpc) is 2.84. The number of hydrogen-bond acceptors (Lipinski definition) is 6. The van der Waals surface area contributed by atoms with Crippen LogP contribution in [0.1, 0.15) is 52.7 Å². The van der Waals surface area contributed by atoms with Crippen molar-refractivity contribution < 1.29 is 28.7 Å². The molecule has 0 saturated heterocycles. The van der Waals surface area contributed by atoms with Gasteiger partial charge in [-0.1, -0.05) is 56.3 Å². The van der Waals surface area contributed by atoms with E-state index >= 15 is 0 Å². The largest absolute Gasteiger partial charge is 0.445 e. The molecule has 0 radical (unpaired) electrons. The van der Waals surface area contributed by atoms with Crippen molar-refractivity contribution in [3.63, 3.8) is 0 Å². The van der Waals surface area contributed by atoms with Crippen LogP contribution in [-0.2, 0) is 32.2 Å². The lowest BCUT2D eigenvalue weighted by atomic mass is 10.0. The van der Waals surface area contributed by atoms with Gasteiger partial charge in [0.25, 0.3) is 0 Å². The van der Waals surface area contributed by atoms with Crippen molar-refractivity contribution in [2.24, 2.45) is 5.92 Å². The quantitative estimate of drug-likeness (QED) is 0.368. The number of carbonyl (C=O) groups excluding carboxylic acids is 4. The summed E-state index contributed by atoms with van der Waals surface area (Å²) >= 11 is 0. The first-order valence-electron chi connectivity index (χ1n) is 12.5. The van der Waals surface area contributed by atoms with E-state index in [1.54, 1.807) is 65.8 Å². The summed E-state index contributed by atoms with van der Waals surface area (Å²) in [5, 5.41) is 10.6. The molecule has 0 aliphatic rings. The van der Waals surface area contributed by atoms with Crippen LogP contribution >= 0.6 is 0 Å². The highest BCUT2D eigenvalue weighted by atomic mass is 16.6. The standard InChI is InChI=1S/C28H38N4O6/c1-18(2)23(32-27(36)37-17-21-10-8-7-9-11-21)25(34)30-19(3)24(33)31-22-14-12-20(13-15-22)16-29-26(35)38-28(4,5)6/h7-15,18-19,23H,16-17H2,1-6H3,(H,29,35)(H,30,34)(H,31,33)(H,32,36)/t19-,23-/m0/s1. The number of nitrogens with one attached hydrogen (secondary N) is 4. The van der Waals surface area contributed by atoms with Crippen molar-refractivity contribution in [2.75, 3.05) is 5.32 Å². The van der Waals surface area contributed by atoms with E-state index in [2.05, 4.69) is 21.3 Å². The Morgan fingerprint density at radius 2 is 1.42 bits per heavy atom. The van der Waals surface area contributed by atoms with Gasteiger partial charge < -0.3 is 30.7 Å². The van der Waals surface area contributed by atoms with E-state index in [0.29, 0.717) is 5.69 Å². The van der Waals surface area contributed by atoms with E-state index in [-0.39, 0.29) is 19.1 Å². The highest BCUT2D eigenvalue weighted by molar-refractivity contribution is 5.98. The van der Waals surface area contributed by atoms with Crippen molar-refractivity contribution >= 4 is 29.7 Å². The Bertz CT molecular complexity index is 1080. The van der Waals surface area contributed by atoms with Crippen LogP contribution in [0.4, 0.5) is 15.3 Å². The van der Waals surface area contributed by atoms with Crippen LogP contribution in [0.25, 0.3) is 0 Å². The van der Waals surface area contributed by atoms with Gasteiger partial charge in [0.2, 0.25) is 11.8 Å². The number of ether oxygens (including phenoxy) is 2. The molecule has 0 aliphatic heterocycles. The zero-order valence-corrected chi connectivity index (χ0v) is 22.8. The molecule has 2 aromatic carbocycles.